The molecular weight excluding hydrogens is 699 g/mol. The average Bonchev–Trinajstić information content (AvgIpc) is 3.38. The molecule has 0 heterocycles. The number of aliphatic hydroxyl groups excluding tert-OH is 3. The highest BCUT2D eigenvalue weighted by molar-refractivity contribution is 7.46. The first-order chi connectivity index (χ1) is 25.5. The second-order valence-electron chi connectivity index (χ2n) is 14.6. The number of esters is 2. The summed E-state index contributed by atoms with van der Waals surface area (Å²) in [4.78, 5) is 43.0. The van der Waals surface area contributed by atoms with Crippen LogP contribution >= 0.6 is 7.82 Å². The molecule has 0 unspecified atom stereocenters. The Labute approximate surface area is 319 Å². The van der Waals surface area contributed by atoms with Gasteiger partial charge in [0.1, 0.15) is 6.61 Å². The molecule has 0 aliphatic heterocycles. The van der Waals surface area contributed by atoms with Crippen molar-refractivity contribution in [1.82, 2.24) is 0 Å². The summed E-state index contributed by atoms with van der Waals surface area (Å²) in [7, 11) is -4.82. The predicted molar refractivity (Wildman–Crippen MR) is 209 cm³/mol. The summed E-state index contributed by atoms with van der Waals surface area (Å²) in [6.45, 7) is 3.37. The van der Waals surface area contributed by atoms with E-state index in [2.05, 4.69) is 42.7 Å². The van der Waals surface area contributed by atoms with E-state index in [1.165, 1.54) is 25.7 Å². The number of rotatable bonds is 33. The van der Waals surface area contributed by atoms with Crippen molar-refractivity contribution in [3.63, 3.8) is 0 Å². The van der Waals surface area contributed by atoms with E-state index in [0.29, 0.717) is 32.1 Å². The number of allylic oxidation sites excluding steroid dienone is 4. The normalized spacial score (nSPS) is 20.5. The van der Waals surface area contributed by atoms with Crippen molar-refractivity contribution >= 4 is 19.8 Å². The molecule has 1 rings (SSSR count). The highest BCUT2D eigenvalue weighted by atomic mass is 31.2. The molecule has 1 saturated carbocycles. The summed E-state index contributed by atoms with van der Waals surface area (Å²) in [5.41, 5.74) is 0. The van der Waals surface area contributed by atoms with E-state index in [0.717, 1.165) is 77.0 Å². The monoisotopic (exact) mass is 772 g/mol. The second kappa shape index (κ2) is 31.4. The zero-order valence-corrected chi connectivity index (χ0v) is 33.6. The molecule has 0 aromatic carbocycles. The molecule has 1 aliphatic carbocycles. The van der Waals surface area contributed by atoms with Crippen LogP contribution in [-0.4, -0.2) is 74.7 Å². The fraction of sp³-hybridized carbons (Fsp3) is 0.805. The van der Waals surface area contributed by atoms with Crippen LogP contribution in [0, 0.1) is 11.8 Å². The lowest BCUT2D eigenvalue weighted by Crippen LogP contribution is -2.29. The fourth-order valence-corrected chi connectivity index (χ4v) is 7.00. The highest BCUT2D eigenvalue weighted by Gasteiger charge is 2.39. The third-order valence-corrected chi connectivity index (χ3v) is 10.2. The lowest BCUT2D eigenvalue weighted by atomic mass is 9.88. The molecule has 0 saturated heterocycles. The van der Waals surface area contributed by atoms with E-state index in [1.807, 2.05) is 6.08 Å². The van der Waals surface area contributed by atoms with E-state index < -0.39 is 50.8 Å². The Hall–Kier alpha value is -1.85. The van der Waals surface area contributed by atoms with E-state index in [1.54, 1.807) is 6.08 Å². The molecule has 0 radical (unpaired) electrons. The lowest BCUT2D eigenvalue weighted by Gasteiger charge is -2.21. The summed E-state index contributed by atoms with van der Waals surface area (Å²) < 4.78 is 26.4. The molecular formula is C41H73O11P. The first kappa shape index (κ1) is 49.2. The van der Waals surface area contributed by atoms with Crippen LogP contribution in [0.3, 0.4) is 0 Å². The maximum atomic E-state index is 12.5. The number of unbranched alkanes of at least 4 members (excludes halogenated alkanes) is 14. The molecule has 0 bridgehead atoms. The topological polar surface area (TPSA) is 180 Å². The van der Waals surface area contributed by atoms with Crippen LogP contribution in [0.25, 0.3) is 0 Å². The quantitative estimate of drug-likeness (QED) is 0.0142. The average molecular weight is 773 g/mol. The summed E-state index contributed by atoms with van der Waals surface area (Å²) >= 11 is 0. The van der Waals surface area contributed by atoms with Crippen molar-refractivity contribution < 1.29 is 53.3 Å². The van der Waals surface area contributed by atoms with Gasteiger partial charge >= 0.3 is 19.8 Å². The maximum Gasteiger partial charge on any atom is 0.469 e. The number of hydrogen-bond donors (Lipinski definition) is 5. The van der Waals surface area contributed by atoms with Crippen LogP contribution in [0.4, 0.5) is 0 Å². The molecule has 11 nitrogen and oxygen atoms in total. The second-order valence-corrected chi connectivity index (χ2v) is 15.8. The molecule has 308 valence electrons. The molecule has 1 fully saturated rings. The van der Waals surface area contributed by atoms with Gasteiger partial charge < -0.3 is 34.6 Å². The minimum Gasteiger partial charge on any atom is -0.462 e. The maximum absolute atomic E-state index is 12.5. The first-order valence-corrected chi connectivity index (χ1v) is 22.1. The molecule has 0 amide bonds. The molecule has 0 aromatic heterocycles. The predicted octanol–water partition coefficient (Wildman–Crippen LogP) is 8.56. The standard InChI is InChI=1S/C41H73O11P/c1-3-5-7-8-9-10-11-12-13-14-15-16-17-18-23-27-40(45)50-32-35(33-51-53(47,48)49)52-41(46)28-24-20-19-22-26-36-37(39(44)31-38(36)43)30-29-34(42)25-21-6-4-2/h10-13,29-30,34-39,42-44H,3-9,14-28,31-33H2,1-2H3,(H2,47,48,49)/b11-10-,13-12-,30-29+/t34-,35+,36+,37+,38-,39+/m0/s1. The Morgan fingerprint density at radius 2 is 1.30 bits per heavy atom. The van der Waals surface area contributed by atoms with Crippen molar-refractivity contribution in [2.75, 3.05) is 13.2 Å². The first-order valence-electron chi connectivity index (χ1n) is 20.6. The van der Waals surface area contributed by atoms with Gasteiger partial charge in [-0.05, 0) is 57.3 Å². The number of carbonyl (C=O) groups excluding carboxylic acids is 2. The summed E-state index contributed by atoms with van der Waals surface area (Å²) in [5, 5.41) is 31.2. The van der Waals surface area contributed by atoms with Crippen LogP contribution in [0.15, 0.2) is 36.5 Å². The van der Waals surface area contributed by atoms with E-state index in [4.69, 9.17) is 19.3 Å². The summed E-state index contributed by atoms with van der Waals surface area (Å²) in [5.74, 6) is -1.35. The van der Waals surface area contributed by atoms with Crippen LogP contribution in [0.5, 0.6) is 0 Å². The van der Waals surface area contributed by atoms with Gasteiger partial charge in [0, 0.05) is 25.2 Å². The largest absolute Gasteiger partial charge is 0.469 e. The van der Waals surface area contributed by atoms with Crippen molar-refractivity contribution in [2.45, 2.75) is 186 Å². The molecule has 1 aliphatic rings. The number of hydrogen-bond acceptors (Lipinski definition) is 9. The zero-order chi connectivity index (χ0) is 39.2. The number of carbonyl (C=O) groups is 2. The van der Waals surface area contributed by atoms with Gasteiger partial charge in [-0.2, -0.15) is 0 Å². The molecule has 53 heavy (non-hydrogen) atoms. The third kappa shape index (κ3) is 27.4. The van der Waals surface area contributed by atoms with Crippen molar-refractivity contribution in [3.8, 4) is 0 Å². The van der Waals surface area contributed by atoms with E-state index in [-0.39, 0.29) is 31.3 Å². The van der Waals surface area contributed by atoms with Crippen molar-refractivity contribution in [3.05, 3.63) is 36.5 Å². The molecule has 6 atom stereocenters. The van der Waals surface area contributed by atoms with Gasteiger partial charge in [0.2, 0.25) is 0 Å². The fourth-order valence-electron chi connectivity index (χ4n) is 6.64. The van der Waals surface area contributed by atoms with Gasteiger partial charge in [-0.15, -0.1) is 0 Å². The van der Waals surface area contributed by atoms with Gasteiger partial charge in [0.05, 0.1) is 24.9 Å². The lowest BCUT2D eigenvalue weighted by molar-refractivity contribution is -0.161. The molecule has 0 aromatic rings. The van der Waals surface area contributed by atoms with Gasteiger partial charge in [0.15, 0.2) is 6.10 Å². The smallest absolute Gasteiger partial charge is 0.462 e. The van der Waals surface area contributed by atoms with E-state index in [9.17, 15) is 29.5 Å². The van der Waals surface area contributed by atoms with Gasteiger partial charge in [-0.3, -0.25) is 14.1 Å². The van der Waals surface area contributed by atoms with Gasteiger partial charge in [0.25, 0.3) is 0 Å². The number of ether oxygens (including phenoxy) is 2. The Kier molecular flexibility index (Phi) is 29.1. The molecule has 5 N–H and O–H groups in total. The number of phosphoric acid groups is 1. The number of phosphoric ester groups is 1. The minimum absolute atomic E-state index is 0.0814. The summed E-state index contributed by atoms with van der Waals surface area (Å²) in [6.07, 6.45) is 29.3. The van der Waals surface area contributed by atoms with Crippen LogP contribution in [-0.2, 0) is 28.2 Å². The van der Waals surface area contributed by atoms with Gasteiger partial charge in [-0.1, -0.05) is 127 Å². The number of aliphatic hydroxyl groups is 3. The van der Waals surface area contributed by atoms with Crippen molar-refractivity contribution in [2.24, 2.45) is 11.8 Å². The Bertz CT molecular complexity index is 1070. The van der Waals surface area contributed by atoms with Crippen molar-refractivity contribution in [1.29, 1.82) is 0 Å². The van der Waals surface area contributed by atoms with Crippen LogP contribution in [0.2, 0.25) is 0 Å². The molecule has 12 heteroatoms. The SMILES string of the molecule is CCCCCC/C=C\C=C/CCCCCCCC(=O)OC[C@H](COP(=O)(O)O)OC(=O)CCCCCC[C@@H]1[C@@H](/C=C/[C@@H](O)CCCCC)[C@H](O)C[C@@H]1O. The highest BCUT2D eigenvalue weighted by Crippen LogP contribution is 2.38. The Morgan fingerprint density at radius 3 is 1.94 bits per heavy atom. The zero-order valence-electron chi connectivity index (χ0n) is 32.7. The minimum atomic E-state index is -4.82. The van der Waals surface area contributed by atoms with E-state index >= 15 is 0 Å². The molecule has 0 spiro atoms. The van der Waals surface area contributed by atoms with Crippen LogP contribution < -0.4 is 0 Å². The Morgan fingerprint density at radius 1 is 0.736 bits per heavy atom. The van der Waals surface area contributed by atoms with Crippen LogP contribution in [0.1, 0.15) is 162 Å². The summed E-state index contributed by atoms with van der Waals surface area (Å²) in [6, 6.07) is 0. The Balaban J connectivity index is 2.29. The third-order valence-electron chi connectivity index (χ3n) is 9.76. The van der Waals surface area contributed by atoms with Gasteiger partial charge in [-0.25, -0.2) is 4.57 Å².